The molecule has 3 rings (SSSR count). The third kappa shape index (κ3) is 3.22. The summed E-state index contributed by atoms with van der Waals surface area (Å²) < 4.78 is 15.3. The minimum Gasteiger partial charge on any atom is -0.341 e. The van der Waals surface area contributed by atoms with Gasteiger partial charge in [-0.15, -0.1) is 10.2 Å². The van der Waals surface area contributed by atoms with Gasteiger partial charge in [0.2, 0.25) is 0 Å². The molecule has 1 aromatic carbocycles. The molecule has 8 heteroatoms. The number of hydrogen-bond donors (Lipinski definition) is 2. The zero-order valence-corrected chi connectivity index (χ0v) is 12.8. The Morgan fingerprint density at radius 1 is 1.17 bits per heavy atom. The van der Waals surface area contributed by atoms with Crippen LogP contribution in [0.2, 0.25) is 0 Å². The highest BCUT2D eigenvalue weighted by atomic mass is 19.1. The van der Waals surface area contributed by atoms with Crippen molar-refractivity contribution < 1.29 is 14.0 Å². The molecule has 0 radical (unpaired) electrons. The van der Waals surface area contributed by atoms with Crippen LogP contribution in [0.15, 0.2) is 42.6 Å². The van der Waals surface area contributed by atoms with Crippen LogP contribution in [0.1, 0.15) is 11.4 Å². The summed E-state index contributed by atoms with van der Waals surface area (Å²) in [6.07, 6.45) is 1.75. The van der Waals surface area contributed by atoms with E-state index in [4.69, 9.17) is 0 Å². The Morgan fingerprint density at radius 2 is 2.00 bits per heavy atom. The van der Waals surface area contributed by atoms with E-state index in [1.54, 1.807) is 35.7 Å². The molecule has 0 aliphatic carbocycles. The topological polar surface area (TPSA) is 88.4 Å². The molecular formula is C16H14FN5O2. The first-order chi connectivity index (χ1) is 11.5. The molecule has 0 saturated carbocycles. The van der Waals surface area contributed by atoms with Crippen LogP contribution in [0.25, 0.3) is 5.65 Å². The van der Waals surface area contributed by atoms with E-state index in [1.165, 1.54) is 12.1 Å². The maximum absolute atomic E-state index is 13.6. The summed E-state index contributed by atoms with van der Waals surface area (Å²) in [5.74, 6) is -1.96. The quantitative estimate of drug-likeness (QED) is 0.712. The highest BCUT2D eigenvalue weighted by Crippen LogP contribution is 2.15. The number of benzene rings is 1. The number of nitrogens with zero attached hydrogens (tertiary/aromatic N) is 3. The van der Waals surface area contributed by atoms with Crippen LogP contribution in [0, 0.1) is 12.7 Å². The zero-order valence-electron chi connectivity index (χ0n) is 12.8. The minimum atomic E-state index is -0.951. The van der Waals surface area contributed by atoms with Gasteiger partial charge in [-0.3, -0.25) is 14.0 Å². The van der Waals surface area contributed by atoms with Crippen LogP contribution in [-0.4, -0.2) is 26.4 Å². The Morgan fingerprint density at radius 3 is 2.83 bits per heavy atom. The predicted octanol–water partition coefficient (Wildman–Crippen LogP) is 1.43. The molecule has 0 bridgehead atoms. The predicted molar refractivity (Wildman–Crippen MR) is 84.6 cm³/mol. The first kappa shape index (κ1) is 15.6. The summed E-state index contributed by atoms with van der Waals surface area (Å²) in [6.45, 7) is 1.78. The number of fused-ring (bicyclic) bond motifs is 1. The summed E-state index contributed by atoms with van der Waals surface area (Å²) in [6, 6.07) is 9.63. The van der Waals surface area contributed by atoms with Gasteiger partial charge < -0.3 is 10.6 Å². The van der Waals surface area contributed by atoms with E-state index >= 15 is 0 Å². The molecular weight excluding hydrogens is 313 g/mol. The number of pyridine rings is 1. The van der Waals surface area contributed by atoms with Crippen molar-refractivity contribution in [2.45, 2.75) is 13.5 Å². The SMILES string of the molecule is Cc1ccc(F)c(NC(=O)C(=O)NCc2nnc3ccccn23)c1. The van der Waals surface area contributed by atoms with Crippen LogP contribution < -0.4 is 10.6 Å². The maximum Gasteiger partial charge on any atom is 0.313 e. The van der Waals surface area contributed by atoms with E-state index < -0.39 is 17.6 Å². The number of carbonyl (C=O) groups excluding carboxylic acids is 2. The summed E-state index contributed by atoms with van der Waals surface area (Å²) in [7, 11) is 0. The van der Waals surface area contributed by atoms with Gasteiger partial charge in [0.25, 0.3) is 0 Å². The van der Waals surface area contributed by atoms with Crippen molar-refractivity contribution in [3.63, 3.8) is 0 Å². The Bertz CT molecular complexity index is 922. The number of hydrogen-bond acceptors (Lipinski definition) is 4. The third-order valence-corrected chi connectivity index (χ3v) is 3.37. The molecule has 7 nitrogen and oxygen atoms in total. The van der Waals surface area contributed by atoms with Crippen molar-refractivity contribution in [1.29, 1.82) is 0 Å². The second-order valence-electron chi connectivity index (χ2n) is 5.17. The molecule has 2 aromatic heterocycles. The number of rotatable bonds is 3. The van der Waals surface area contributed by atoms with E-state index in [-0.39, 0.29) is 12.2 Å². The van der Waals surface area contributed by atoms with Gasteiger partial charge in [0.15, 0.2) is 11.5 Å². The Hall–Kier alpha value is -3.29. The molecule has 0 saturated heterocycles. The van der Waals surface area contributed by atoms with Crippen molar-refractivity contribution in [1.82, 2.24) is 19.9 Å². The molecule has 0 spiro atoms. The van der Waals surface area contributed by atoms with Gasteiger partial charge in [-0.1, -0.05) is 12.1 Å². The van der Waals surface area contributed by atoms with Gasteiger partial charge in [0.05, 0.1) is 12.2 Å². The summed E-state index contributed by atoms with van der Waals surface area (Å²) in [5, 5.41) is 12.6. The molecule has 2 heterocycles. The van der Waals surface area contributed by atoms with Gasteiger partial charge in [-0.05, 0) is 36.8 Å². The zero-order chi connectivity index (χ0) is 17.1. The van der Waals surface area contributed by atoms with Gasteiger partial charge >= 0.3 is 11.8 Å². The number of nitrogens with one attached hydrogen (secondary N) is 2. The molecule has 0 aliphatic heterocycles. The lowest BCUT2D eigenvalue weighted by molar-refractivity contribution is -0.136. The molecule has 3 aromatic rings. The van der Waals surface area contributed by atoms with E-state index in [1.807, 2.05) is 6.07 Å². The smallest absolute Gasteiger partial charge is 0.313 e. The average Bonchev–Trinajstić information content (AvgIpc) is 2.99. The molecule has 2 N–H and O–H groups in total. The van der Waals surface area contributed by atoms with Crippen LogP contribution in [0.4, 0.5) is 10.1 Å². The largest absolute Gasteiger partial charge is 0.341 e. The van der Waals surface area contributed by atoms with Crippen molar-refractivity contribution in [2.24, 2.45) is 0 Å². The normalized spacial score (nSPS) is 10.6. The Labute approximate surface area is 136 Å². The number of amides is 2. The van der Waals surface area contributed by atoms with E-state index in [9.17, 15) is 14.0 Å². The summed E-state index contributed by atoms with van der Waals surface area (Å²) in [5.41, 5.74) is 1.36. The van der Waals surface area contributed by atoms with Gasteiger partial charge in [-0.2, -0.15) is 0 Å². The molecule has 122 valence electrons. The molecule has 0 fully saturated rings. The first-order valence-electron chi connectivity index (χ1n) is 7.18. The lowest BCUT2D eigenvalue weighted by Crippen LogP contribution is -2.35. The highest BCUT2D eigenvalue weighted by Gasteiger charge is 2.16. The van der Waals surface area contributed by atoms with Crippen LogP contribution in [-0.2, 0) is 16.1 Å². The van der Waals surface area contributed by atoms with Gasteiger partial charge in [0, 0.05) is 6.20 Å². The fourth-order valence-electron chi connectivity index (χ4n) is 2.17. The monoisotopic (exact) mass is 327 g/mol. The first-order valence-corrected chi connectivity index (χ1v) is 7.18. The van der Waals surface area contributed by atoms with Crippen LogP contribution in [0.5, 0.6) is 0 Å². The van der Waals surface area contributed by atoms with Gasteiger partial charge in [0.1, 0.15) is 5.82 Å². The minimum absolute atomic E-state index is 0.0216. The fourth-order valence-corrected chi connectivity index (χ4v) is 2.17. The van der Waals surface area contributed by atoms with Gasteiger partial charge in [-0.25, -0.2) is 4.39 Å². The van der Waals surface area contributed by atoms with E-state index in [2.05, 4.69) is 20.8 Å². The standard InChI is InChI=1S/C16H14FN5O2/c1-10-5-6-11(17)12(8-10)19-16(24)15(23)18-9-14-21-20-13-4-2-3-7-22(13)14/h2-8H,9H2,1H3,(H,18,23)(H,19,24). The van der Waals surface area contributed by atoms with Crippen molar-refractivity contribution >= 4 is 23.1 Å². The number of aryl methyl sites for hydroxylation is 1. The molecule has 0 atom stereocenters. The highest BCUT2D eigenvalue weighted by molar-refractivity contribution is 6.39. The molecule has 24 heavy (non-hydrogen) atoms. The Kier molecular flexibility index (Phi) is 4.19. The summed E-state index contributed by atoms with van der Waals surface area (Å²) in [4.78, 5) is 23.7. The second-order valence-corrected chi connectivity index (χ2v) is 5.17. The second kappa shape index (κ2) is 6.45. The van der Waals surface area contributed by atoms with Crippen LogP contribution >= 0.6 is 0 Å². The van der Waals surface area contributed by atoms with Crippen molar-refractivity contribution in [3.05, 3.63) is 59.8 Å². The maximum atomic E-state index is 13.6. The number of aromatic nitrogens is 3. The van der Waals surface area contributed by atoms with Crippen LogP contribution in [0.3, 0.4) is 0 Å². The van der Waals surface area contributed by atoms with E-state index in [0.717, 1.165) is 5.56 Å². The number of anilines is 1. The lowest BCUT2D eigenvalue weighted by Gasteiger charge is -2.07. The molecule has 2 amide bonds. The van der Waals surface area contributed by atoms with Crippen molar-refractivity contribution in [3.8, 4) is 0 Å². The average molecular weight is 327 g/mol. The number of halogens is 1. The molecule has 0 aliphatic rings. The summed E-state index contributed by atoms with van der Waals surface area (Å²) >= 11 is 0. The number of carbonyl (C=O) groups is 2. The fraction of sp³-hybridized carbons (Fsp3) is 0.125. The Balaban J connectivity index is 1.64. The third-order valence-electron chi connectivity index (χ3n) is 3.37. The lowest BCUT2D eigenvalue weighted by atomic mass is 10.2. The van der Waals surface area contributed by atoms with Crippen molar-refractivity contribution in [2.75, 3.05) is 5.32 Å². The molecule has 0 unspecified atom stereocenters. The van der Waals surface area contributed by atoms with E-state index in [0.29, 0.717) is 11.5 Å².